The number of carboxylic acid groups (broad SMARTS) is 2. The van der Waals surface area contributed by atoms with Crippen LogP contribution in [0.25, 0.3) is 43.1 Å². The highest BCUT2D eigenvalue weighted by Crippen LogP contribution is 2.39. The molecule has 140 valence electrons. The van der Waals surface area contributed by atoms with Crippen LogP contribution in [0.5, 0.6) is 0 Å². The van der Waals surface area contributed by atoms with Gasteiger partial charge in [-0.05, 0) is 43.1 Å². The van der Waals surface area contributed by atoms with E-state index in [1.54, 1.807) is 0 Å². The molecule has 5 aromatic carbocycles. The minimum absolute atomic E-state index is 1.33. The number of fused-ring (bicyclic) bond motifs is 2. The highest BCUT2D eigenvalue weighted by molar-refractivity contribution is 6.32. The third kappa shape index (κ3) is 3.57. The Kier molecular flexibility index (Phi) is 5.13. The zero-order valence-corrected chi connectivity index (χ0v) is 14.8. The molecule has 0 saturated carbocycles. The second-order valence-corrected chi connectivity index (χ2v) is 6.09. The van der Waals surface area contributed by atoms with E-state index in [4.69, 9.17) is 19.8 Å². The molecule has 6 N–H and O–H groups in total. The smallest absolute Gasteiger partial charge is 0.402 e. The van der Waals surface area contributed by atoms with Gasteiger partial charge in [0, 0.05) is 0 Å². The summed E-state index contributed by atoms with van der Waals surface area (Å²) in [5.41, 5.74) is 8.06. The molecule has 0 fully saturated rings. The van der Waals surface area contributed by atoms with Gasteiger partial charge in [-0.2, -0.15) is 0 Å². The summed E-state index contributed by atoms with van der Waals surface area (Å²) in [4.78, 5) is 17.6. The zero-order chi connectivity index (χ0) is 20.3. The van der Waals surface area contributed by atoms with Crippen LogP contribution in [0, 0.1) is 0 Å². The van der Waals surface area contributed by atoms with Gasteiger partial charge in [0.05, 0.1) is 0 Å². The van der Waals surface area contributed by atoms with E-state index in [2.05, 4.69) is 84.3 Å². The zero-order valence-electron chi connectivity index (χ0n) is 14.8. The van der Waals surface area contributed by atoms with E-state index in [0.29, 0.717) is 0 Å². The van der Waals surface area contributed by atoms with Crippen molar-refractivity contribution in [3.8, 4) is 0 Å². The van der Waals surface area contributed by atoms with Crippen molar-refractivity contribution in [2.75, 3.05) is 0 Å². The van der Waals surface area contributed by atoms with E-state index >= 15 is 0 Å². The Labute approximate surface area is 159 Å². The van der Waals surface area contributed by atoms with E-state index in [1.807, 2.05) is 0 Å². The maximum absolute atomic E-state index is 8.78. The van der Waals surface area contributed by atoms with Crippen LogP contribution in [0.15, 0.2) is 72.8 Å². The number of hydrogen-bond acceptors (Lipinski definition) is 2. The number of carbonyl (C=O) groups is 2. The van der Waals surface area contributed by atoms with E-state index in [1.165, 1.54) is 43.1 Å². The molecular formula is C22H18N2O4. The molecule has 0 aliphatic carbocycles. The second-order valence-electron chi connectivity index (χ2n) is 6.09. The Bertz CT molecular complexity index is 1110. The average Bonchev–Trinajstić information content (AvgIpc) is 2.65. The summed E-state index contributed by atoms with van der Waals surface area (Å²) in [7, 11) is 0. The first-order valence-electron chi connectivity index (χ1n) is 8.41. The molecule has 0 spiro atoms. The molecular weight excluding hydrogens is 356 g/mol. The normalized spacial score (nSPS) is 10.3. The van der Waals surface area contributed by atoms with Gasteiger partial charge in [0.15, 0.2) is 0 Å². The maximum Gasteiger partial charge on any atom is 0.402 e. The molecule has 0 saturated heterocycles. The standard InChI is InChI=1S/C20H12.2CH3NO2/c1-5-13-6-2-11-17-18-12-4-8-14-7-3-10-16(20(14)18)15(9-1)19(13)17;2*2-1(3)4/h1-12H;2*2H2,(H,3,4). The molecule has 5 aromatic rings. The first-order valence-corrected chi connectivity index (χ1v) is 8.41. The highest BCUT2D eigenvalue weighted by atomic mass is 16.4. The lowest BCUT2D eigenvalue weighted by atomic mass is 9.90. The fourth-order valence-corrected chi connectivity index (χ4v) is 3.58. The number of amides is 2. The minimum atomic E-state index is -1.33. The van der Waals surface area contributed by atoms with Gasteiger partial charge in [-0.1, -0.05) is 72.8 Å². The summed E-state index contributed by atoms with van der Waals surface area (Å²) < 4.78 is 0. The van der Waals surface area contributed by atoms with Crippen molar-refractivity contribution < 1.29 is 19.8 Å². The van der Waals surface area contributed by atoms with Crippen molar-refractivity contribution in [2.45, 2.75) is 0 Å². The monoisotopic (exact) mass is 374 g/mol. The predicted molar refractivity (Wildman–Crippen MR) is 112 cm³/mol. The van der Waals surface area contributed by atoms with Crippen molar-refractivity contribution >= 4 is 55.3 Å². The van der Waals surface area contributed by atoms with Crippen molar-refractivity contribution in [1.82, 2.24) is 0 Å². The van der Waals surface area contributed by atoms with Gasteiger partial charge in [-0.3, -0.25) is 0 Å². The lowest BCUT2D eigenvalue weighted by Gasteiger charge is -2.13. The molecule has 2 amide bonds. The van der Waals surface area contributed by atoms with Crippen LogP contribution in [-0.2, 0) is 0 Å². The van der Waals surface area contributed by atoms with Gasteiger partial charge in [-0.15, -0.1) is 0 Å². The molecule has 0 heterocycles. The molecule has 6 heteroatoms. The summed E-state index contributed by atoms with van der Waals surface area (Å²) in [6.45, 7) is 0. The Balaban J connectivity index is 0.000000244. The largest absolute Gasteiger partial charge is 0.465 e. The summed E-state index contributed by atoms with van der Waals surface area (Å²) in [6.07, 6.45) is -2.67. The lowest BCUT2D eigenvalue weighted by molar-refractivity contribution is 0.204. The first kappa shape index (κ1) is 18.7. The topological polar surface area (TPSA) is 127 Å². The second kappa shape index (κ2) is 7.67. The predicted octanol–water partition coefficient (Wildman–Crippen LogP) is 4.98. The molecule has 28 heavy (non-hydrogen) atoms. The average molecular weight is 374 g/mol. The van der Waals surface area contributed by atoms with Crippen molar-refractivity contribution in [2.24, 2.45) is 11.5 Å². The van der Waals surface area contributed by atoms with Crippen LogP contribution < -0.4 is 11.5 Å². The third-order valence-electron chi connectivity index (χ3n) is 4.39. The molecule has 0 aromatic heterocycles. The molecule has 0 aliphatic heterocycles. The van der Waals surface area contributed by atoms with Gasteiger partial charge < -0.3 is 21.7 Å². The molecule has 0 radical (unpaired) electrons. The number of rotatable bonds is 0. The van der Waals surface area contributed by atoms with Crippen LogP contribution in [0.3, 0.4) is 0 Å². The molecule has 0 aliphatic rings. The van der Waals surface area contributed by atoms with Gasteiger partial charge in [-0.25, -0.2) is 9.59 Å². The van der Waals surface area contributed by atoms with E-state index < -0.39 is 12.2 Å². The van der Waals surface area contributed by atoms with E-state index in [9.17, 15) is 0 Å². The van der Waals surface area contributed by atoms with Crippen LogP contribution in [0.2, 0.25) is 0 Å². The summed E-state index contributed by atoms with van der Waals surface area (Å²) >= 11 is 0. The number of primary amides is 2. The Hall–Kier alpha value is -4.06. The molecule has 5 rings (SSSR count). The summed E-state index contributed by atoms with van der Waals surface area (Å²) in [6, 6.07) is 26.4. The van der Waals surface area contributed by atoms with Crippen LogP contribution in [-0.4, -0.2) is 22.4 Å². The minimum Gasteiger partial charge on any atom is -0.465 e. The van der Waals surface area contributed by atoms with E-state index in [-0.39, 0.29) is 0 Å². The highest BCUT2D eigenvalue weighted by Gasteiger charge is 2.11. The number of benzene rings is 5. The van der Waals surface area contributed by atoms with Gasteiger partial charge in [0.25, 0.3) is 0 Å². The van der Waals surface area contributed by atoms with Crippen molar-refractivity contribution in [1.29, 1.82) is 0 Å². The SMILES string of the molecule is NC(=O)O.NC(=O)O.c1cc2cccc3c4cccc5cccc(c(c1)c23)c54. The summed E-state index contributed by atoms with van der Waals surface area (Å²) in [5, 5.41) is 25.3. The Morgan fingerprint density at radius 2 is 0.750 bits per heavy atom. The first-order chi connectivity index (χ1) is 13.4. The van der Waals surface area contributed by atoms with E-state index in [0.717, 1.165) is 0 Å². The molecule has 0 atom stereocenters. The van der Waals surface area contributed by atoms with Gasteiger partial charge in [0.2, 0.25) is 0 Å². The quantitative estimate of drug-likeness (QED) is 0.225. The van der Waals surface area contributed by atoms with Gasteiger partial charge >= 0.3 is 12.2 Å². The van der Waals surface area contributed by atoms with Crippen LogP contribution in [0.1, 0.15) is 0 Å². The fourth-order valence-electron chi connectivity index (χ4n) is 3.58. The lowest BCUT2D eigenvalue weighted by Crippen LogP contribution is -2.03. The van der Waals surface area contributed by atoms with Crippen molar-refractivity contribution in [3.63, 3.8) is 0 Å². The van der Waals surface area contributed by atoms with Crippen LogP contribution in [0.4, 0.5) is 9.59 Å². The molecule has 0 unspecified atom stereocenters. The Morgan fingerprint density at radius 3 is 0.964 bits per heavy atom. The Morgan fingerprint density at radius 1 is 0.536 bits per heavy atom. The molecule has 0 bridgehead atoms. The summed E-state index contributed by atoms with van der Waals surface area (Å²) in [5.74, 6) is 0. The van der Waals surface area contributed by atoms with Crippen LogP contribution >= 0.6 is 0 Å². The van der Waals surface area contributed by atoms with Gasteiger partial charge in [0.1, 0.15) is 0 Å². The van der Waals surface area contributed by atoms with Crippen molar-refractivity contribution in [3.05, 3.63) is 72.8 Å². The number of nitrogens with two attached hydrogens (primary N) is 2. The third-order valence-corrected chi connectivity index (χ3v) is 4.39. The number of hydrogen-bond donors (Lipinski definition) is 4. The molecule has 6 nitrogen and oxygen atoms in total. The fraction of sp³-hybridized carbons (Fsp3) is 0. The maximum atomic E-state index is 8.78.